The topological polar surface area (TPSA) is 102 Å². The molecular formula is C35H44N2O6S2. The van der Waals surface area contributed by atoms with Crippen molar-refractivity contribution < 1.29 is 27.5 Å². The molecule has 0 bridgehead atoms. The molecule has 0 aromatic heterocycles. The predicted octanol–water partition coefficient (Wildman–Crippen LogP) is 7.11. The number of hydrogen-bond donors (Lipinski definition) is 1. The molecule has 1 atom stereocenters. The van der Waals surface area contributed by atoms with Crippen LogP contribution in [0.5, 0.6) is 5.75 Å². The number of para-hydroxylation sites is 1. The number of benzene rings is 3. The van der Waals surface area contributed by atoms with E-state index in [1.165, 1.54) is 18.9 Å². The number of carbonyl (C=O) groups excluding carboxylic acids is 2. The molecule has 3 aromatic rings. The number of esters is 1. The second-order valence-corrected chi connectivity index (χ2v) is 14.4. The van der Waals surface area contributed by atoms with Crippen LogP contribution in [0.15, 0.2) is 82.6 Å². The third-order valence-corrected chi connectivity index (χ3v) is 11.0. The van der Waals surface area contributed by atoms with Crippen LogP contribution >= 0.6 is 11.8 Å². The molecule has 1 amide bonds. The summed E-state index contributed by atoms with van der Waals surface area (Å²) in [6.45, 7) is 4.46. The number of rotatable bonds is 14. The van der Waals surface area contributed by atoms with Gasteiger partial charge >= 0.3 is 5.97 Å². The number of thioether (sulfide) groups is 1. The van der Waals surface area contributed by atoms with Gasteiger partial charge in [-0.3, -0.25) is 4.79 Å². The van der Waals surface area contributed by atoms with Crippen LogP contribution in [0.4, 0.5) is 11.4 Å². The minimum absolute atomic E-state index is 0.0484. The molecule has 0 saturated carbocycles. The smallest absolute Gasteiger partial charge is 0.333 e. The molecule has 0 radical (unpaired) electrons. The molecule has 0 spiro atoms. The van der Waals surface area contributed by atoms with Gasteiger partial charge in [-0.2, -0.15) is 0 Å². The van der Waals surface area contributed by atoms with Gasteiger partial charge in [0.25, 0.3) is 5.91 Å². The lowest BCUT2D eigenvalue weighted by molar-refractivity contribution is -0.145. The maximum Gasteiger partial charge on any atom is 0.333 e. The monoisotopic (exact) mass is 652 g/mol. The standard InChI is InChI=1S/C35H44N2O6S2/c1-5-7-19-35(20-8-6-2)24-37(27-17-13-10-14-18-27)28-21-30(44-4)29(22-31(28)45(40,41)25-35)43-23-32(38)36-33(34(39)42-3)26-15-11-9-12-16-26/h9-18,21-22,33H,5-8,19-20,23-25H2,1-4H3,(H,36,38). The highest BCUT2D eigenvalue weighted by Crippen LogP contribution is 2.47. The highest BCUT2D eigenvalue weighted by molar-refractivity contribution is 7.98. The number of unbranched alkanes of at least 4 members (excludes halogenated alkanes) is 2. The molecule has 45 heavy (non-hydrogen) atoms. The minimum atomic E-state index is -3.74. The van der Waals surface area contributed by atoms with Crippen LogP contribution < -0.4 is 15.0 Å². The van der Waals surface area contributed by atoms with E-state index in [1.54, 1.807) is 30.3 Å². The van der Waals surface area contributed by atoms with Crippen molar-refractivity contribution in [3.05, 3.63) is 78.4 Å². The summed E-state index contributed by atoms with van der Waals surface area (Å²) < 4.78 is 39.5. The number of anilines is 2. The summed E-state index contributed by atoms with van der Waals surface area (Å²) >= 11 is 1.42. The minimum Gasteiger partial charge on any atom is -0.483 e. The van der Waals surface area contributed by atoms with Gasteiger partial charge in [-0.1, -0.05) is 88.1 Å². The van der Waals surface area contributed by atoms with Crippen molar-refractivity contribution in [1.82, 2.24) is 5.32 Å². The number of carbonyl (C=O) groups is 2. The first-order chi connectivity index (χ1) is 21.7. The summed E-state index contributed by atoms with van der Waals surface area (Å²) in [6.07, 6.45) is 7.42. The lowest BCUT2D eigenvalue weighted by Crippen LogP contribution is -2.38. The summed E-state index contributed by atoms with van der Waals surface area (Å²) in [5.74, 6) is -0.793. The Labute approximate surface area is 271 Å². The maximum atomic E-state index is 14.3. The SMILES string of the molecule is CCCCC1(CCCC)CN(c2ccccc2)c2cc(SC)c(OCC(=O)NC(C(=O)OC)c3ccccc3)cc2S(=O)(=O)C1. The van der Waals surface area contributed by atoms with Crippen LogP contribution in [0.2, 0.25) is 0 Å². The predicted molar refractivity (Wildman–Crippen MR) is 180 cm³/mol. The first kappa shape index (κ1) is 34.4. The van der Waals surface area contributed by atoms with Gasteiger partial charge < -0.3 is 19.7 Å². The number of nitrogens with one attached hydrogen (secondary N) is 1. The zero-order valence-electron chi connectivity index (χ0n) is 26.6. The van der Waals surface area contributed by atoms with Crippen molar-refractivity contribution in [2.75, 3.05) is 37.2 Å². The number of ether oxygens (including phenoxy) is 2. The Hall–Kier alpha value is -3.50. The highest BCUT2D eigenvalue weighted by Gasteiger charge is 2.42. The van der Waals surface area contributed by atoms with Crippen molar-refractivity contribution in [2.24, 2.45) is 5.41 Å². The van der Waals surface area contributed by atoms with Crippen molar-refractivity contribution >= 4 is 44.9 Å². The average molecular weight is 653 g/mol. The third kappa shape index (κ3) is 8.41. The van der Waals surface area contributed by atoms with Gasteiger partial charge in [-0.05, 0) is 42.9 Å². The summed E-state index contributed by atoms with van der Waals surface area (Å²) in [5.41, 5.74) is 1.71. The van der Waals surface area contributed by atoms with Crippen molar-refractivity contribution in [3.63, 3.8) is 0 Å². The Balaban J connectivity index is 1.71. The zero-order chi connectivity index (χ0) is 32.5. The second kappa shape index (κ2) is 15.7. The molecule has 242 valence electrons. The van der Waals surface area contributed by atoms with Crippen LogP contribution in [0.3, 0.4) is 0 Å². The van der Waals surface area contributed by atoms with Crippen molar-refractivity contribution in [2.45, 2.75) is 68.2 Å². The van der Waals surface area contributed by atoms with Gasteiger partial charge in [0.1, 0.15) is 5.75 Å². The Morgan fingerprint density at radius 1 is 0.978 bits per heavy atom. The number of amides is 1. The summed E-state index contributed by atoms with van der Waals surface area (Å²) in [5, 5.41) is 2.69. The van der Waals surface area contributed by atoms with Gasteiger partial charge in [-0.25, -0.2) is 13.2 Å². The summed E-state index contributed by atoms with van der Waals surface area (Å²) in [4.78, 5) is 28.6. The van der Waals surface area contributed by atoms with Gasteiger partial charge in [0.05, 0.1) is 28.3 Å². The molecule has 1 unspecified atom stereocenters. The fourth-order valence-electron chi connectivity index (χ4n) is 5.97. The van der Waals surface area contributed by atoms with E-state index in [0.717, 1.165) is 44.2 Å². The van der Waals surface area contributed by atoms with E-state index in [2.05, 4.69) is 24.1 Å². The van der Waals surface area contributed by atoms with Crippen molar-refractivity contribution in [3.8, 4) is 5.75 Å². The molecule has 4 rings (SSSR count). The number of nitrogens with zero attached hydrogens (tertiary/aromatic N) is 1. The number of hydrogen-bond acceptors (Lipinski definition) is 8. The van der Waals surface area contributed by atoms with E-state index in [9.17, 15) is 18.0 Å². The molecule has 0 saturated heterocycles. The molecule has 10 heteroatoms. The van der Waals surface area contributed by atoms with E-state index in [4.69, 9.17) is 9.47 Å². The van der Waals surface area contributed by atoms with Crippen LogP contribution in [-0.4, -0.2) is 52.6 Å². The van der Waals surface area contributed by atoms with E-state index in [1.807, 2.05) is 48.7 Å². The molecule has 0 aliphatic carbocycles. The Kier molecular flexibility index (Phi) is 12.0. The molecule has 1 aliphatic rings. The van der Waals surface area contributed by atoms with Gasteiger partial charge in [-0.15, -0.1) is 11.8 Å². The largest absolute Gasteiger partial charge is 0.483 e. The van der Waals surface area contributed by atoms with Gasteiger partial charge in [0.2, 0.25) is 0 Å². The van der Waals surface area contributed by atoms with Crippen LogP contribution in [0.25, 0.3) is 0 Å². The maximum absolute atomic E-state index is 14.3. The van der Waals surface area contributed by atoms with Gasteiger partial charge in [0, 0.05) is 23.7 Å². The number of sulfone groups is 1. The van der Waals surface area contributed by atoms with Crippen LogP contribution in [0, 0.1) is 5.41 Å². The first-order valence-electron chi connectivity index (χ1n) is 15.5. The molecule has 0 fully saturated rings. The fourth-order valence-corrected chi connectivity index (χ4v) is 8.63. The summed E-state index contributed by atoms with van der Waals surface area (Å²) in [7, 11) is -2.47. The number of fused-ring (bicyclic) bond motifs is 1. The lowest BCUT2D eigenvalue weighted by Gasteiger charge is -2.37. The van der Waals surface area contributed by atoms with Crippen molar-refractivity contribution in [1.29, 1.82) is 0 Å². The third-order valence-electron chi connectivity index (χ3n) is 8.28. The van der Waals surface area contributed by atoms with E-state index in [0.29, 0.717) is 28.4 Å². The number of methoxy groups -OCH3 is 1. The van der Waals surface area contributed by atoms with E-state index >= 15 is 0 Å². The second-order valence-electron chi connectivity index (χ2n) is 11.6. The lowest BCUT2D eigenvalue weighted by atomic mass is 9.79. The van der Waals surface area contributed by atoms with E-state index < -0.39 is 39.8 Å². The summed E-state index contributed by atoms with van der Waals surface area (Å²) in [6, 6.07) is 21.2. The zero-order valence-corrected chi connectivity index (χ0v) is 28.2. The van der Waals surface area contributed by atoms with Crippen LogP contribution in [0.1, 0.15) is 64.0 Å². The molecule has 1 N–H and O–H groups in total. The molecular weight excluding hydrogens is 609 g/mol. The fraction of sp³-hybridized carbons (Fsp3) is 0.429. The highest BCUT2D eigenvalue weighted by atomic mass is 32.2. The van der Waals surface area contributed by atoms with E-state index in [-0.39, 0.29) is 10.6 Å². The molecule has 1 heterocycles. The Morgan fingerprint density at radius 3 is 2.18 bits per heavy atom. The molecule has 1 aliphatic heterocycles. The molecule has 8 nitrogen and oxygen atoms in total. The first-order valence-corrected chi connectivity index (χ1v) is 18.4. The Morgan fingerprint density at radius 2 is 1.60 bits per heavy atom. The quantitative estimate of drug-likeness (QED) is 0.145. The van der Waals surface area contributed by atoms with Gasteiger partial charge in [0.15, 0.2) is 22.5 Å². The normalized spacial score (nSPS) is 15.8. The molecule has 3 aromatic carbocycles. The average Bonchev–Trinajstić information content (AvgIpc) is 3.15. The van der Waals surface area contributed by atoms with Crippen LogP contribution in [-0.2, 0) is 24.2 Å². The Bertz CT molecular complexity index is 1540.